The summed E-state index contributed by atoms with van der Waals surface area (Å²) in [5, 5.41) is 10.6. The highest BCUT2D eigenvalue weighted by atomic mass is 16.5. The smallest absolute Gasteiger partial charge is 0.137 e. The van der Waals surface area contributed by atoms with E-state index in [4.69, 9.17) is 4.74 Å². The second kappa shape index (κ2) is 7.89. The normalized spacial score (nSPS) is 36.6. The van der Waals surface area contributed by atoms with E-state index in [1.165, 1.54) is 77.3 Å². The number of benzene rings is 1. The summed E-state index contributed by atoms with van der Waals surface area (Å²) in [6.45, 7) is 3.60. The third-order valence-corrected chi connectivity index (χ3v) is 8.74. The summed E-state index contributed by atoms with van der Waals surface area (Å²) >= 11 is 0. The molecule has 0 amide bonds. The molecule has 1 aromatic carbocycles. The van der Waals surface area contributed by atoms with Gasteiger partial charge >= 0.3 is 0 Å². The number of rotatable bonds is 6. The summed E-state index contributed by atoms with van der Waals surface area (Å²) in [6.07, 6.45) is 13.6. The quantitative estimate of drug-likeness (QED) is 0.690. The maximum Gasteiger partial charge on any atom is 0.137 e. The predicted octanol–water partition coefficient (Wildman–Crippen LogP) is 4.91. The van der Waals surface area contributed by atoms with Crippen LogP contribution in [0.25, 0.3) is 0 Å². The first kappa shape index (κ1) is 19.9. The maximum atomic E-state index is 10.6. The van der Waals surface area contributed by atoms with Crippen molar-refractivity contribution < 1.29 is 14.3 Å². The highest BCUT2D eigenvalue weighted by Gasteiger charge is 2.51. The lowest BCUT2D eigenvalue weighted by molar-refractivity contribution is -0.911. The summed E-state index contributed by atoms with van der Waals surface area (Å²) in [6, 6.07) is 8.97. The van der Waals surface area contributed by atoms with Crippen molar-refractivity contribution in [3.05, 3.63) is 29.8 Å². The van der Waals surface area contributed by atoms with Crippen molar-refractivity contribution in [2.24, 2.45) is 17.8 Å². The van der Waals surface area contributed by atoms with Gasteiger partial charge < -0.3 is 14.3 Å². The highest BCUT2D eigenvalue weighted by Crippen LogP contribution is 2.60. The molecule has 5 fully saturated rings. The van der Waals surface area contributed by atoms with Gasteiger partial charge in [-0.25, -0.2) is 0 Å². The summed E-state index contributed by atoms with van der Waals surface area (Å²) < 4.78 is 7.00. The molecular formula is C26H40NO2+. The molecule has 0 aromatic heterocycles. The van der Waals surface area contributed by atoms with E-state index >= 15 is 0 Å². The van der Waals surface area contributed by atoms with Gasteiger partial charge in [0.1, 0.15) is 25.0 Å². The molecule has 0 spiro atoms. The van der Waals surface area contributed by atoms with E-state index in [1.807, 2.05) is 0 Å². The van der Waals surface area contributed by atoms with Crippen LogP contribution in [0.15, 0.2) is 24.3 Å². The fourth-order valence-corrected chi connectivity index (χ4v) is 7.76. The van der Waals surface area contributed by atoms with Gasteiger partial charge in [-0.1, -0.05) is 12.1 Å². The average Bonchev–Trinajstić information content (AvgIpc) is 2.90. The number of aliphatic hydroxyl groups excluding tert-OH is 1. The summed E-state index contributed by atoms with van der Waals surface area (Å²) in [4.78, 5) is 0. The van der Waals surface area contributed by atoms with E-state index in [1.54, 1.807) is 5.56 Å². The van der Waals surface area contributed by atoms with Crippen LogP contribution in [0, 0.1) is 17.8 Å². The molecule has 3 nitrogen and oxygen atoms in total. The van der Waals surface area contributed by atoms with Gasteiger partial charge in [0.15, 0.2) is 0 Å². The van der Waals surface area contributed by atoms with Crippen LogP contribution >= 0.6 is 0 Å². The van der Waals surface area contributed by atoms with Gasteiger partial charge in [-0.15, -0.1) is 0 Å². The predicted molar refractivity (Wildman–Crippen MR) is 117 cm³/mol. The molecule has 0 unspecified atom stereocenters. The number of nitrogens with zero attached hydrogens (tertiary/aromatic N) is 1. The van der Waals surface area contributed by atoms with Gasteiger partial charge in [0.2, 0.25) is 0 Å². The van der Waals surface area contributed by atoms with Gasteiger partial charge in [-0.05, 0) is 105 Å². The molecule has 5 aliphatic rings. The first-order valence-corrected chi connectivity index (χ1v) is 12.3. The zero-order valence-electron chi connectivity index (χ0n) is 18.3. The van der Waals surface area contributed by atoms with Crippen LogP contribution in [0.5, 0.6) is 5.75 Å². The molecule has 1 N–H and O–H groups in total. The van der Waals surface area contributed by atoms with Crippen molar-refractivity contribution in [2.75, 3.05) is 33.3 Å². The minimum absolute atomic E-state index is 0.388. The van der Waals surface area contributed by atoms with Crippen molar-refractivity contribution in [1.29, 1.82) is 0 Å². The lowest BCUT2D eigenvalue weighted by Crippen LogP contribution is -2.50. The van der Waals surface area contributed by atoms with E-state index in [9.17, 15) is 5.11 Å². The molecule has 6 rings (SSSR count). The van der Waals surface area contributed by atoms with E-state index < -0.39 is 0 Å². The molecular weight excluding hydrogens is 358 g/mol. The SMILES string of the molecule is C[N+]1(C[C@H](O)COc2ccc(C34CC5CC(CC(C5)C3)C4)cc2)CCCCCC1. The van der Waals surface area contributed by atoms with Gasteiger partial charge in [0.05, 0.1) is 20.1 Å². The number of hydrogen-bond donors (Lipinski definition) is 1. The van der Waals surface area contributed by atoms with Crippen molar-refractivity contribution >= 4 is 0 Å². The average molecular weight is 399 g/mol. The van der Waals surface area contributed by atoms with Crippen molar-refractivity contribution in [3.63, 3.8) is 0 Å². The molecule has 1 aliphatic heterocycles. The molecule has 4 saturated carbocycles. The second-order valence-corrected chi connectivity index (χ2v) is 11.4. The third-order valence-electron chi connectivity index (χ3n) is 8.74. The maximum absolute atomic E-state index is 10.6. The van der Waals surface area contributed by atoms with Crippen LogP contribution in [0.1, 0.15) is 69.8 Å². The second-order valence-electron chi connectivity index (χ2n) is 11.4. The van der Waals surface area contributed by atoms with E-state index in [0.717, 1.165) is 34.5 Å². The van der Waals surface area contributed by atoms with E-state index in [0.29, 0.717) is 12.0 Å². The molecule has 1 aromatic rings. The number of aliphatic hydroxyl groups is 1. The lowest BCUT2D eigenvalue weighted by Gasteiger charge is -2.57. The minimum atomic E-state index is -0.388. The summed E-state index contributed by atoms with van der Waals surface area (Å²) in [5.74, 6) is 3.86. The largest absolute Gasteiger partial charge is 0.491 e. The Morgan fingerprint density at radius 3 is 2.03 bits per heavy atom. The third kappa shape index (κ3) is 4.23. The van der Waals surface area contributed by atoms with Gasteiger partial charge in [0, 0.05) is 0 Å². The zero-order valence-corrected chi connectivity index (χ0v) is 18.3. The monoisotopic (exact) mass is 398 g/mol. The van der Waals surface area contributed by atoms with Crippen molar-refractivity contribution in [2.45, 2.75) is 75.7 Å². The Balaban J connectivity index is 1.17. The van der Waals surface area contributed by atoms with Crippen LogP contribution < -0.4 is 4.74 Å². The Hall–Kier alpha value is -1.06. The van der Waals surface area contributed by atoms with Crippen LogP contribution in [0.2, 0.25) is 0 Å². The van der Waals surface area contributed by atoms with Crippen molar-refractivity contribution in [3.8, 4) is 5.75 Å². The Kier molecular flexibility index (Phi) is 5.41. The number of hydrogen-bond acceptors (Lipinski definition) is 2. The van der Waals surface area contributed by atoms with Gasteiger partial charge in [-0.2, -0.15) is 0 Å². The Morgan fingerprint density at radius 1 is 0.931 bits per heavy atom. The Bertz CT molecular complexity index is 654. The fraction of sp³-hybridized carbons (Fsp3) is 0.769. The molecule has 4 bridgehead atoms. The molecule has 0 radical (unpaired) electrons. The Labute approximate surface area is 177 Å². The summed E-state index contributed by atoms with van der Waals surface area (Å²) in [5.41, 5.74) is 2.00. The number of likely N-dealkylation sites (N-methyl/N-ethyl adjacent to an activating group) is 1. The van der Waals surface area contributed by atoms with Crippen molar-refractivity contribution in [1.82, 2.24) is 0 Å². The van der Waals surface area contributed by atoms with Crippen LogP contribution in [0.4, 0.5) is 0 Å². The zero-order chi connectivity index (χ0) is 19.9. The van der Waals surface area contributed by atoms with E-state index in [-0.39, 0.29) is 6.10 Å². The van der Waals surface area contributed by atoms with Gasteiger partial charge in [-0.3, -0.25) is 0 Å². The fourth-order valence-electron chi connectivity index (χ4n) is 7.76. The van der Waals surface area contributed by atoms with Crippen LogP contribution in [0.3, 0.4) is 0 Å². The molecule has 1 saturated heterocycles. The Morgan fingerprint density at radius 2 is 1.48 bits per heavy atom. The van der Waals surface area contributed by atoms with Gasteiger partial charge in [0.25, 0.3) is 0 Å². The standard InChI is InChI=1S/C26H40NO2/c1-27(10-4-2-3-5-11-27)18-24(28)19-29-25-8-6-23(7-9-25)26-15-20-12-21(16-26)14-22(13-20)17-26/h6-9,20-22,24,28H,2-5,10-19H2,1H3/q+1/t20?,21?,22?,24-,26?/m0/s1. The molecule has 29 heavy (non-hydrogen) atoms. The topological polar surface area (TPSA) is 29.5 Å². The molecule has 1 atom stereocenters. The minimum Gasteiger partial charge on any atom is -0.491 e. The number of likely N-dealkylation sites (tertiary alicyclic amines) is 1. The molecule has 4 aliphatic carbocycles. The van der Waals surface area contributed by atoms with E-state index in [2.05, 4.69) is 31.3 Å². The summed E-state index contributed by atoms with van der Waals surface area (Å²) in [7, 11) is 2.30. The molecule has 3 heteroatoms. The van der Waals surface area contributed by atoms with Crippen LogP contribution in [-0.2, 0) is 5.41 Å². The first-order valence-electron chi connectivity index (χ1n) is 12.3. The number of ether oxygens (including phenoxy) is 1. The molecule has 160 valence electrons. The number of quaternary nitrogens is 1. The molecule has 1 heterocycles. The van der Waals surface area contributed by atoms with Crippen LogP contribution in [-0.4, -0.2) is 49.0 Å². The lowest BCUT2D eigenvalue weighted by atomic mass is 9.48. The first-order chi connectivity index (χ1) is 14.0. The highest BCUT2D eigenvalue weighted by molar-refractivity contribution is 5.34.